The maximum Gasteiger partial charge on any atom is 0.306 e. The molecule has 0 aromatic rings. The average molecular weight is 157 g/mol. The Balaban J connectivity index is 2.38. The van der Waals surface area contributed by atoms with Crippen LogP contribution in [-0.2, 0) is 4.79 Å². The highest BCUT2D eigenvalue weighted by Crippen LogP contribution is 2.21. The molecule has 11 heavy (non-hydrogen) atoms. The van der Waals surface area contributed by atoms with Gasteiger partial charge in [0.05, 0.1) is 5.92 Å². The maximum absolute atomic E-state index is 10.6. The van der Waals surface area contributed by atoms with Crippen molar-refractivity contribution < 1.29 is 9.90 Å². The number of aliphatic carboxylic acids is 1. The van der Waals surface area contributed by atoms with E-state index in [4.69, 9.17) is 5.11 Å². The predicted octanol–water partition coefficient (Wildman–Crippen LogP) is 0.707. The van der Waals surface area contributed by atoms with Gasteiger partial charge in [-0.25, -0.2) is 0 Å². The second-order valence-electron chi connectivity index (χ2n) is 3.21. The minimum absolute atomic E-state index is 0.169. The molecule has 0 bridgehead atoms. The van der Waals surface area contributed by atoms with Crippen LogP contribution in [-0.4, -0.2) is 24.2 Å². The molecule has 1 fully saturated rings. The van der Waals surface area contributed by atoms with Crippen LogP contribution < -0.4 is 5.32 Å². The number of hydrogen-bond acceptors (Lipinski definition) is 2. The Kier molecular flexibility index (Phi) is 2.88. The Bertz CT molecular complexity index is 141. The van der Waals surface area contributed by atoms with Gasteiger partial charge in [-0.3, -0.25) is 4.79 Å². The fourth-order valence-corrected chi connectivity index (χ4v) is 1.55. The number of piperidine rings is 1. The van der Waals surface area contributed by atoms with E-state index in [1.54, 1.807) is 6.92 Å². The van der Waals surface area contributed by atoms with Gasteiger partial charge >= 0.3 is 5.97 Å². The molecule has 1 atom stereocenters. The summed E-state index contributed by atoms with van der Waals surface area (Å²) in [6.45, 7) is 3.75. The van der Waals surface area contributed by atoms with Crippen molar-refractivity contribution in [2.75, 3.05) is 13.1 Å². The quantitative estimate of drug-likeness (QED) is 0.620. The Hall–Kier alpha value is -0.570. The summed E-state index contributed by atoms with van der Waals surface area (Å²) in [5.41, 5.74) is 0. The van der Waals surface area contributed by atoms with Crippen LogP contribution >= 0.6 is 0 Å². The van der Waals surface area contributed by atoms with E-state index < -0.39 is 5.97 Å². The molecule has 1 saturated heterocycles. The first kappa shape index (κ1) is 8.53. The van der Waals surface area contributed by atoms with E-state index in [0.29, 0.717) is 5.92 Å². The number of carbonyl (C=O) groups is 1. The topological polar surface area (TPSA) is 49.3 Å². The third kappa shape index (κ3) is 2.19. The van der Waals surface area contributed by atoms with Gasteiger partial charge in [-0.15, -0.1) is 0 Å². The number of carboxylic acids is 1. The largest absolute Gasteiger partial charge is 0.481 e. The van der Waals surface area contributed by atoms with Crippen molar-refractivity contribution in [2.45, 2.75) is 19.8 Å². The molecule has 0 aromatic carbocycles. The van der Waals surface area contributed by atoms with Crippen molar-refractivity contribution in [3.8, 4) is 0 Å². The van der Waals surface area contributed by atoms with Crippen molar-refractivity contribution in [1.82, 2.24) is 5.32 Å². The van der Waals surface area contributed by atoms with Crippen molar-refractivity contribution in [1.29, 1.82) is 0 Å². The monoisotopic (exact) mass is 157 g/mol. The maximum atomic E-state index is 10.6. The van der Waals surface area contributed by atoms with Gasteiger partial charge in [-0.1, -0.05) is 6.92 Å². The molecule has 1 aliphatic rings. The zero-order chi connectivity index (χ0) is 8.27. The van der Waals surface area contributed by atoms with Crippen molar-refractivity contribution in [3.05, 3.63) is 0 Å². The molecule has 64 valence electrons. The molecule has 2 N–H and O–H groups in total. The standard InChI is InChI=1S/C8H15NO2/c1-6(8(10)11)7-2-4-9-5-3-7/h6-7,9H,2-5H2,1H3,(H,10,11)/t6-/m1/s1. The highest BCUT2D eigenvalue weighted by atomic mass is 16.4. The van der Waals surface area contributed by atoms with Crippen molar-refractivity contribution in [2.24, 2.45) is 11.8 Å². The lowest BCUT2D eigenvalue weighted by molar-refractivity contribution is -0.143. The Morgan fingerprint density at radius 2 is 2.09 bits per heavy atom. The van der Waals surface area contributed by atoms with E-state index >= 15 is 0 Å². The first-order chi connectivity index (χ1) is 5.22. The summed E-state index contributed by atoms with van der Waals surface area (Å²) >= 11 is 0. The van der Waals surface area contributed by atoms with Crippen LogP contribution in [0, 0.1) is 11.8 Å². The van der Waals surface area contributed by atoms with Gasteiger partial charge in [0.15, 0.2) is 0 Å². The number of hydrogen-bond donors (Lipinski definition) is 2. The zero-order valence-electron chi connectivity index (χ0n) is 6.84. The molecular weight excluding hydrogens is 142 g/mol. The van der Waals surface area contributed by atoms with Crippen LogP contribution in [0.25, 0.3) is 0 Å². The lowest BCUT2D eigenvalue weighted by Gasteiger charge is -2.25. The van der Waals surface area contributed by atoms with Crippen LogP contribution in [0.4, 0.5) is 0 Å². The lowest BCUT2D eigenvalue weighted by Crippen LogP contribution is -2.33. The molecule has 3 heteroatoms. The van der Waals surface area contributed by atoms with Gasteiger partial charge in [-0.2, -0.15) is 0 Å². The van der Waals surface area contributed by atoms with Crippen LogP contribution in [0.2, 0.25) is 0 Å². The summed E-state index contributed by atoms with van der Waals surface area (Å²) in [6, 6.07) is 0. The van der Waals surface area contributed by atoms with E-state index in [1.165, 1.54) is 0 Å². The van der Waals surface area contributed by atoms with E-state index in [1.807, 2.05) is 0 Å². The minimum atomic E-state index is -0.656. The van der Waals surface area contributed by atoms with Gasteiger partial charge < -0.3 is 10.4 Å². The van der Waals surface area contributed by atoms with Gasteiger partial charge in [0.25, 0.3) is 0 Å². The SMILES string of the molecule is C[C@@H](C(=O)O)C1CCNCC1. The van der Waals surface area contributed by atoms with Crippen LogP contribution in [0.3, 0.4) is 0 Å². The van der Waals surface area contributed by atoms with E-state index in [0.717, 1.165) is 25.9 Å². The molecule has 0 aliphatic carbocycles. The third-order valence-electron chi connectivity index (χ3n) is 2.48. The average Bonchev–Trinajstić information content (AvgIpc) is 2.05. The van der Waals surface area contributed by atoms with Gasteiger partial charge in [-0.05, 0) is 31.8 Å². The number of nitrogens with one attached hydrogen (secondary N) is 1. The molecule has 0 aromatic heterocycles. The summed E-state index contributed by atoms with van der Waals surface area (Å²) in [7, 11) is 0. The Morgan fingerprint density at radius 3 is 2.55 bits per heavy atom. The summed E-state index contributed by atoms with van der Waals surface area (Å²) < 4.78 is 0. The lowest BCUT2D eigenvalue weighted by atomic mass is 9.86. The molecule has 0 saturated carbocycles. The smallest absolute Gasteiger partial charge is 0.306 e. The van der Waals surface area contributed by atoms with Gasteiger partial charge in [0.2, 0.25) is 0 Å². The van der Waals surface area contributed by atoms with Crippen molar-refractivity contribution in [3.63, 3.8) is 0 Å². The molecule has 3 nitrogen and oxygen atoms in total. The van der Waals surface area contributed by atoms with E-state index in [9.17, 15) is 4.79 Å². The third-order valence-corrected chi connectivity index (χ3v) is 2.48. The molecule has 0 unspecified atom stereocenters. The Labute approximate surface area is 66.8 Å². The van der Waals surface area contributed by atoms with E-state index in [2.05, 4.69) is 5.32 Å². The van der Waals surface area contributed by atoms with Gasteiger partial charge in [0.1, 0.15) is 0 Å². The molecule has 0 spiro atoms. The van der Waals surface area contributed by atoms with Crippen molar-refractivity contribution >= 4 is 5.97 Å². The summed E-state index contributed by atoms with van der Waals surface area (Å²) in [4.78, 5) is 10.6. The zero-order valence-corrected chi connectivity index (χ0v) is 6.84. The first-order valence-electron chi connectivity index (χ1n) is 4.15. The normalized spacial score (nSPS) is 23.0. The molecular formula is C8H15NO2. The van der Waals surface area contributed by atoms with Gasteiger partial charge in [0, 0.05) is 0 Å². The summed E-state index contributed by atoms with van der Waals surface area (Å²) in [5.74, 6) is -0.442. The molecule has 1 aliphatic heterocycles. The molecule has 1 heterocycles. The Morgan fingerprint density at radius 1 is 1.55 bits per heavy atom. The first-order valence-corrected chi connectivity index (χ1v) is 4.15. The number of rotatable bonds is 2. The molecule has 0 radical (unpaired) electrons. The highest BCUT2D eigenvalue weighted by molar-refractivity contribution is 5.69. The predicted molar refractivity (Wildman–Crippen MR) is 42.4 cm³/mol. The minimum Gasteiger partial charge on any atom is -0.481 e. The van der Waals surface area contributed by atoms with Crippen LogP contribution in [0.1, 0.15) is 19.8 Å². The molecule has 1 rings (SSSR count). The summed E-state index contributed by atoms with van der Waals surface area (Å²) in [6.07, 6.45) is 2.01. The van der Waals surface area contributed by atoms with E-state index in [-0.39, 0.29) is 5.92 Å². The molecule has 0 amide bonds. The number of carboxylic acid groups (broad SMARTS) is 1. The second kappa shape index (κ2) is 3.72. The fourth-order valence-electron chi connectivity index (χ4n) is 1.55. The fraction of sp³-hybridized carbons (Fsp3) is 0.875. The summed E-state index contributed by atoms with van der Waals surface area (Å²) in [5, 5.41) is 11.9. The highest BCUT2D eigenvalue weighted by Gasteiger charge is 2.24. The van der Waals surface area contributed by atoms with Crippen LogP contribution in [0.15, 0.2) is 0 Å². The second-order valence-corrected chi connectivity index (χ2v) is 3.21. The van der Waals surface area contributed by atoms with Crippen LogP contribution in [0.5, 0.6) is 0 Å².